The summed E-state index contributed by atoms with van der Waals surface area (Å²) >= 11 is 0. The maximum absolute atomic E-state index is 13.8. The van der Waals surface area contributed by atoms with Crippen LogP contribution in [0.3, 0.4) is 0 Å². The predicted molar refractivity (Wildman–Crippen MR) is 248 cm³/mol. The number of esters is 1. The molecular weight excluding hydrogens is 843 g/mol. The van der Waals surface area contributed by atoms with E-state index in [1.54, 1.807) is 29.7 Å². The van der Waals surface area contributed by atoms with Gasteiger partial charge in [0.25, 0.3) is 11.8 Å². The molecule has 17 nitrogen and oxygen atoms in total. The fourth-order valence-corrected chi connectivity index (χ4v) is 7.99. The van der Waals surface area contributed by atoms with Gasteiger partial charge in [-0.15, -0.1) is 10.2 Å². The van der Waals surface area contributed by atoms with Crippen molar-refractivity contribution in [3.05, 3.63) is 108 Å². The number of aromatic nitrogens is 4. The Labute approximate surface area is 384 Å². The Morgan fingerprint density at radius 2 is 1.53 bits per heavy atom. The zero-order valence-electron chi connectivity index (χ0n) is 38.1. The van der Waals surface area contributed by atoms with Crippen molar-refractivity contribution in [3.8, 4) is 39.8 Å². The summed E-state index contributed by atoms with van der Waals surface area (Å²) in [4.78, 5) is 61.0. The van der Waals surface area contributed by atoms with Crippen LogP contribution < -0.4 is 16.0 Å². The third-order valence-electron chi connectivity index (χ3n) is 11.5. The molecule has 3 heterocycles. The van der Waals surface area contributed by atoms with E-state index >= 15 is 0 Å². The van der Waals surface area contributed by atoms with Gasteiger partial charge in [0.15, 0.2) is 5.82 Å². The van der Waals surface area contributed by atoms with Crippen LogP contribution in [0, 0.1) is 11.8 Å². The van der Waals surface area contributed by atoms with E-state index in [9.17, 15) is 39.4 Å². The maximum Gasteiger partial charge on any atom is 0.475 e. The Balaban J connectivity index is 1.12. The molecule has 6 rings (SSSR count). The molecular formula is C48H59BN8O9. The van der Waals surface area contributed by atoms with Gasteiger partial charge in [0.05, 0.1) is 23.1 Å². The number of carbonyl (C=O) groups excluding carboxylic acids is 4. The predicted octanol–water partition coefficient (Wildman–Crippen LogP) is 4.77. The summed E-state index contributed by atoms with van der Waals surface area (Å²) in [5.41, 5.74) is 3.84. The highest BCUT2D eigenvalue weighted by molar-refractivity contribution is 6.43. The largest absolute Gasteiger partial charge is 0.508 e. The molecule has 2 aromatic heterocycles. The highest BCUT2D eigenvalue weighted by atomic mass is 16.5. The van der Waals surface area contributed by atoms with Gasteiger partial charge in [0, 0.05) is 30.4 Å². The van der Waals surface area contributed by atoms with Gasteiger partial charge in [0.1, 0.15) is 29.3 Å². The van der Waals surface area contributed by atoms with Gasteiger partial charge < -0.3 is 40.9 Å². The molecule has 7 N–H and O–H groups in total. The molecule has 1 fully saturated rings. The van der Waals surface area contributed by atoms with Crippen molar-refractivity contribution >= 4 is 30.8 Å². The van der Waals surface area contributed by atoms with Gasteiger partial charge in [0.2, 0.25) is 11.7 Å². The molecule has 0 bridgehead atoms. The number of hydrogen-bond acceptors (Lipinski definition) is 13. The molecule has 348 valence electrons. The molecule has 18 heteroatoms. The monoisotopic (exact) mass is 902 g/mol. The number of nitrogens with zero attached hydrogens (tertiary/aromatic N) is 5. The lowest BCUT2D eigenvalue weighted by Gasteiger charge is -2.32. The Morgan fingerprint density at radius 1 is 0.833 bits per heavy atom. The van der Waals surface area contributed by atoms with Crippen LogP contribution >= 0.6 is 0 Å². The number of likely N-dealkylation sites (tertiary alicyclic amines) is 1. The van der Waals surface area contributed by atoms with E-state index in [1.165, 1.54) is 19.1 Å². The number of carbonyl (C=O) groups is 4. The first-order chi connectivity index (χ1) is 31.5. The summed E-state index contributed by atoms with van der Waals surface area (Å²) in [5, 5.41) is 58.1. The highest BCUT2D eigenvalue weighted by Crippen LogP contribution is 2.38. The second-order valence-corrected chi connectivity index (χ2v) is 17.4. The number of benzene rings is 3. The number of pyridine rings is 1. The minimum atomic E-state index is -1.86. The number of ether oxygens (including phenoxy) is 1. The maximum atomic E-state index is 13.8. The number of amides is 3. The van der Waals surface area contributed by atoms with Crippen molar-refractivity contribution in [2.24, 2.45) is 11.8 Å². The molecule has 3 atom stereocenters. The standard InChI is InChI=1S/C48H59BN8O9/c1-7-50-47(62)44-55-54-43(36-25-35(29(4)5)39(58)26-40(36)59)57(44)34-18-16-31(17-19-34)27-56-22-20-33(21-23-56)48(63)66-30(6)42(46(61)52-41(49(64)65)24-28(2)3)53-45(60)38-15-11-14-37(51-38)32-12-9-8-10-13-32/h8-19,25-26,28-30,33,41-42,58-59,64-65H,7,20-24,27H2,1-6H3,(H,50,62)(H,52,61)(H,53,60)/t30-,41+,42+/m1/s1. The van der Waals surface area contributed by atoms with Crippen LogP contribution in [-0.2, 0) is 20.9 Å². The Kier molecular flexibility index (Phi) is 16.3. The van der Waals surface area contributed by atoms with Gasteiger partial charge in [-0.25, -0.2) is 4.98 Å². The van der Waals surface area contributed by atoms with E-state index in [4.69, 9.17) is 4.74 Å². The minimum absolute atomic E-state index is 0.00367. The van der Waals surface area contributed by atoms with Crippen molar-refractivity contribution in [2.45, 2.75) is 91.4 Å². The molecule has 0 unspecified atom stereocenters. The zero-order valence-corrected chi connectivity index (χ0v) is 38.1. The van der Waals surface area contributed by atoms with Gasteiger partial charge in [-0.3, -0.25) is 28.6 Å². The lowest BCUT2D eigenvalue weighted by molar-refractivity contribution is -0.157. The van der Waals surface area contributed by atoms with E-state index in [0.29, 0.717) is 61.5 Å². The number of phenolic OH excluding ortho intramolecular Hbond substituents is 2. The third-order valence-corrected chi connectivity index (χ3v) is 11.5. The van der Waals surface area contributed by atoms with Crippen LogP contribution in [0.4, 0.5) is 0 Å². The molecule has 0 aliphatic carbocycles. The van der Waals surface area contributed by atoms with Gasteiger partial charge in [-0.05, 0) is 99.5 Å². The van der Waals surface area contributed by atoms with Crippen LogP contribution in [-0.4, -0.2) is 113 Å². The third kappa shape index (κ3) is 12.0. The summed E-state index contributed by atoms with van der Waals surface area (Å²) < 4.78 is 7.47. The average molecular weight is 903 g/mol. The molecule has 3 aromatic carbocycles. The Morgan fingerprint density at radius 3 is 2.17 bits per heavy atom. The molecule has 3 amide bonds. The summed E-state index contributed by atoms with van der Waals surface area (Å²) in [5.74, 6) is -3.96. The smallest absolute Gasteiger partial charge is 0.475 e. The van der Waals surface area contributed by atoms with Crippen LogP contribution in [0.2, 0.25) is 0 Å². The second-order valence-electron chi connectivity index (χ2n) is 17.4. The van der Waals surface area contributed by atoms with Crippen LogP contribution in [0.5, 0.6) is 11.5 Å². The summed E-state index contributed by atoms with van der Waals surface area (Å²) in [6.07, 6.45) is 0.0607. The van der Waals surface area contributed by atoms with Crippen molar-refractivity contribution < 1.29 is 44.2 Å². The zero-order chi connectivity index (χ0) is 47.7. The molecule has 1 saturated heterocycles. The first kappa shape index (κ1) is 48.8. The molecule has 1 aliphatic heterocycles. The number of rotatable bonds is 18. The summed E-state index contributed by atoms with van der Waals surface area (Å²) in [7, 11) is -1.86. The number of phenols is 2. The first-order valence-electron chi connectivity index (χ1n) is 22.4. The molecule has 0 saturated carbocycles. The lowest BCUT2D eigenvalue weighted by atomic mass is 9.75. The Bertz CT molecular complexity index is 2470. The van der Waals surface area contributed by atoms with Crippen molar-refractivity contribution in [2.75, 3.05) is 19.6 Å². The number of nitrogens with one attached hydrogen (secondary N) is 3. The average Bonchev–Trinajstić information content (AvgIpc) is 3.73. The number of aromatic hydroxyl groups is 2. The summed E-state index contributed by atoms with van der Waals surface area (Å²) in [6.45, 7) is 13.0. The molecule has 66 heavy (non-hydrogen) atoms. The quantitative estimate of drug-likeness (QED) is 0.0464. The van der Waals surface area contributed by atoms with Crippen molar-refractivity contribution in [3.63, 3.8) is 0 Å². The fourth-order valence-electron chi connectivity index (χ4n) is 7.99. The van der Waals surface area contributed by atoms with E-state index < -0.39 is 54.8 Å². The van der Waals surface area contributed by atoms with Crippen LogP contribution in [0.1, 0.15) is 99.0 Å². The number of hydrogen-bond donors (Lipinski definition) is 7. The normalized spacial score (nSPS) is 14.6. The van der Waals surface area contributed by atoms with E-state index in [1.807, 2.05) is 82.3 Å². The first-order valence-corrected chi connectivity index (χ1v) is 22.4. The highest BCUT2D eigenvalue weighted by Gasteiger charge is 2.36. The van der Waals surface area contributed by atoms with Crippen molar-refractivity contribution in [1.82, 2.24) is 40.6 Å². The van der Waals surface area contributed by atoms with E-state index in [-0.39, 0.29) is 47.1 Å². The van der Waals surface area contributed by atoms with E-state index in [2.05, 4.69) is 36.0 Å². The van der Waals surface area contributed by atoms with Gasteiger partial charge in [-0.2, -0.15) is 0 Å². The van der Waals surface area contributed by atoms with E-state index in [0.717, 1.165) is 11.1 Å². The van der Waals surface area contributed by atoms with Crippen LogP contribution in [0.15, 0.2) is 84.9 Å². The van der Waals surface area contributed by atoms with Gasteiger partial charge >= 0.3 is 13.1 Å². The van der Waals surface area contributed by atoms with Crippen molar-refractivity contribution in [1.29, 1.82) is 0 Å². The topological polar surface area (TPSA) is 241 Å². The summed E-state index contributed by atoms with van der Waals surface area (Å²) in [6, 6.07) is 23.3. The molecule has 5 aromatic rings. The lowest BCUT2D eigenvalue weighted by Crippen LogP contribution is -2.58. The molecule has 1 aliphatic rings. The Hall–Kier alpha value is -6.63. The minimum Gasteiger partial charge on any atom is -0.508 e. The molecule has 0 radical (unpaired) electrons. The second kappa shape index (κ2) is 22.0. The molecule has 0 spiro atoms. The SMILES string of the molecule is CCNC(=O)c1nnc(-c2cc(C(C)C)c(O)cc2O)n1-c1ccc(CN2CCC(C(=O)O[C@H](C)[C@H](NC(=O)c3cccc(-c4ccccc4)n3)C(=O)N[C@@H](CC(C)C)B(O)O)CC2)cc1. The van der Waals surface area contributed by atoms with Gasteiger partial charge in [-0.1, -0.05) is 76.2 Å². The fraction of sp³-hybridized carbons (Fsp3) is 0.396. The number of piperidine rings is 1. The van der Waals surface area contributed by atoms with Crippen LogP contribution in [0.25, 0.3) is 28.3 Å².